The fourth-order valence-corrected chi connectivity index (χ4v) is 3.15. The third-order valence-electron chi connectivity index (χ3n) is 4.52. The minimum absolute atomic E-state index is 0.0986. The number of benzene rings is 1. The Kier molecular flexibility index (Phi) is 4.92. The number of anilines is 1. The number of rotatable bonds is 4. The monoisotopic (exact) mass is 358 g/mol. The van der Waals surface area contributed by atoms with Crippen LogP contribution < -0.4 is 10.2 Å². The molecular weight excluding hydrogens is 336 g/mol. The number of hydrazone groups is 1. The summed E-state index contributed by atoms with van der Waals surface area (Å²) in [6.07, 6.45) is 1.15. The van der Waals surface area contributed by atoms with Crippen molar-refractivity contribution in [3.05, 3.63) is 29.3 Å². The number of carbonyl (C=O) groups excluding carboxylic acids is 3. The second-order valence-electron chi connectivity index (χ2n) is 6.32. The predicted octanol–water partition coefficient (Wildman–Crippen LogP) is 1.28. The quantitative estimate of drug-likeness (QED) is 0.821. The van der Waals surface area contributed by atoms with Crippen LogP contribution in [0.5, 0.6) is 0 Å². The number of amides is 3. The standard InChI is InChI=1S/C18H22N4O4/c1-4-26-16(24)10-22-18(25)19-11(2)17(20-22)13-5-7-14-12(9-13)6-8-15(23)21(14)3/h5,7,9,11H,4,6,8,10H2,1-3H3,(H,19,25). The second kappa shape index (κ2) is 7.15. The molecule has 1 N–H and O–H groups in total. The van der Waals surface area contributed by atoms with Crippen molar-refractivity contribution in [1.82, 2.24) is 10.3 Å². The fourth-order valence-electron chi connectivity index (χ4n) is 3.15. The first-order valence-corrected chi connectivity index (χ1v) is 8.62. The van der Waals surface area contributed by atoms with Crippen LogP contribution in [0, 0.1) is 0 Å². The van der Waals surface area contributed by atoms with Gasteiger partial charge in [0.15, 0.2) is 0 Å². The van der Waals surface area contributed by atoms with Crippen LogP contribution in [0.15, 0.2) is 23.3 Å². The number of nitrogens with zero attached hydrogens (tertiary/aromatic N) is 3. The number of aryl methyl sites for hydroxylation is 1. The van der Waals surface area contributed by atoms with E-state index in [4.69, 9.17) is 4.74 Å². The molecule has 26 heavy (non-hydrogen) atoms. The van der Waals surface area contributed by atoms with Gasteiger partial charge in [-0.25, -0.2) is 9.80 Å². The normalized spacial score (nSPS) is 19.7. The lowest BCUT2D eigenvalue weighted by molar-refractivity contribution is -0.143. The van der Waals surface area contributed by atoms with E-state index in [1.165, 1.54) is 0 Å². The van der Waals surface area contributed by atoms with E-state index in [-0.39, 0.29) is 25.1 Å². The topological polar surface area (TPSA) is 91.3 Å². The molecule has 3 amide bonds. The van der Waals surface area contributed by atoms with Crippen molar-refractivity contribution in [2.45, 2.75) is 32.7 Å². The number of esters is 1. The van der Waals surface area contributed by atoms with Crippen LogP contribution in [0.3, 0.4) is 0 Å². The molecule has 0 aromatic heterocycles. The summed E-state index contributed by atoms with van der Waals surface area (Å²) in [4.78, 5) is 37.3. The van der Waals surface area contributed by atoms with Crippen LogP contribution >= 0.6 is 0 Å². The van der Waals surface area contributed by atoms with Crippen molar-refractivity contribution >= 4 is 29.3 Å². The van der Waals surface area contributed by atoms with Gasteiger partial charge in [-0.2, -0.15) is 5.10 Å². The van der Waals surface area contributed by atoms with Crippen LogP contribution in [0.4, 0.5) is 10.5 Å². The maximum absolute atomic E-state index is 12.1. The Labute approximate surface area is 151 Å². The minimum atomic E-state index is -0.508. The van der Waals surface area contributed by atoms with Crippen LogP contribution in [-0.4, -0.2) is 54.9 Å². The predicted molar refractivity (Wildman–Crippen MR) is 96.0 cm³/mol. The van der Waals surface area contributed by atoms with Crippen LogP contribution in [0.25, 0.3) is 0 Å². The summed E-state index contributed by atoms with van der Waals surface area (Å²) >= 11 is 0. The van der Waals surface area contributed by atoms with Gasteiger partial charge in [0.25, 0.3) is 0 Å². The van der Waals surface area contributed by atoms with E-state index in [9.17, 15) is 14.4 Å². The average Bonchev–Trinajstić information content (AvgIpc) is 2.60. The Morgan fingerprint density at radius 1 is 1.35 bits per heavy atom. The summed E-state index contributed by atoms with van der Waals surface area (Å²) in [5, 5.41) is 8.27. The highest BCUT2D eigenvalue weighted by Crippen LogP contribution is 2.28. The van der Waals surface area contributed by atoms with Gasteiger partial charge < -0.3 is 15.0 Å². The van der Waals surface area contributed by atoms with E-state index in [2.05, 4.69) is 10.4 Å². The Bertz CT molecular complexity index is 789. The lowest BCUT2D eigenvalue weighted by Gasteiger charge is -2.30. The summed E-state index contributed by atoms with van der Waals surface area (Å²) in [6, 6.07) is 5.04. The molecule has 2 aliphatic heterocycles. The molecule has 1 aromatic rings. The van der Waals surface area contributed by atoms with Crippen LogP contribution in [0.1, 0.15) is 31.4 Å². The molecule has 8 heteroatoms. The Hall–Kier alpha value is -2.90. The van der Waals surface area contributed by atoms with Gasteiger partial charge >= 0.3 is 12.0 Å². The van der Waals surface area contributed by atoms with Gasteiger partial charge in [-0.1, -0.05) is 6.07 Å². The zero-order valence-corrected chi connectivity index (χ0v) is 15.1. The molecule has 1 aromatic carbocycles. The third-order valence-corrected chi connectivity index (χ3v) is 4.52. The SMILES string of the molecule is CCOC(=O)CN1N=C(c2ccc3c(c2)CCC(=O)N3C)C(C)NC1=O. The number of hydrogen-bond donors (Lipinski definition) is 1. The van der Waals surface area contributed by atoms with Gasteiger partial charge in [-0.15, -0.1) is 0 Å². The van der Waals surface area contributed by atoms with E-state index >= 15 is 0 Å². The molecule has 3 rings (SSSR count). The summed E-state index contributed by atoms with van der Waals surface area (Å²) in [5.41, 5.74) is 3.47. The number of hydrogen-bond acceptors (Lipinski definition) is 5. The highest BCUT2D eigenvalue weighted by Gasteiger charge is 2.29. The molecule has 2 heterocycles. The maximum Gasteiger partial charge on any atom is 0.338 e. The van der Waals surface area contributed by atoms with Crippen molar-refractivity contribution < 1.29 is 19.1 Å². The van der Waals surface area contributed by atoms with E-state index in [0.717, 1.165) is 21.8 Å². The van der Waals surface area contributed by atoms with Crippen LogP contribution in [-0.2, 0) is 20.7 Å². The van der Waals surface area contributed by atoms with E-state index in [1.807, 2.05) is 25.1 Å². The Morgan fingerprint density at radius 3 is 2.85 bits per heavy atom. The van der Waals surface area contributed by atoms with Crippen molar-refractivity contribution in [3.8, 4) is 0 Å². The van der Waals surface area contributed by atoms with Gasteiger partial charge in [0.2, 0.25) is 5.91 Å². The highest BCUT2D eigenvalue weighted by atomic mass is 16.5. The maximum atomic E-state index is 12.1. The molecule has 0 radical (unpaired) electrons. The van der Waals surface area contributed by atoms with Gasteiger partial charge in [0, 0.05) is 24.7 Å². The second-order valence-corrected chi connectivity index (χ2v) is 6.32. The van der Waals surface area contributed by atoms with Gasteiger partial charge in [0.1, 0.15) is 6.54 Å². The van der Waals surface area contributed by atoms with Crippen molar-refractivity contribution in [3.63, 3.8) is 0 Å². The molecule has 0 aliphatic carbocycles. The van der Waals surface area contributed by atoms with Gasteiger partial charge in [-0.3, -0.25) is 9.59 Å². The number of nitrogens with one attached hydrogen (secondary N) is 1. The lowest BCUT2D eigenvalue weighted by Crippen LogP contribution is -2.52. The first-order chi connectivity index (χ1) is 12.4. The van der Waals surface area contributed by atoms with Crippen molar-refractivity contribution in [2.75, 3.05) is 25.1 Å². The first-order valence-electron chi connectivity index (χ1n) is 8.62. The molecule has 8 nitrogen and oxygen atoms in total. The summed E-state index contributed by atoms with van der Waals surface area (Å²) < 4.78 is 4.89. The van der Waals surface area contributed by atoms with Crippen molar-refractivity contribution in [1.29, 1.82) is 0 Å². The molecule has 0 fully saturated rings. The zero-order chi connectivity index (χ0) is 18.8. The number of ether oxygens (including phenoxy) is 1. The smallest absolute Gasteiger partial charge is 0.338 e. The Morgan fingerprint density at radius 2 is 2.12 bits per heavy atom. The molecule has 138 valence electrons. The summed E-state index contributed by atoms with van der Waals surface area (Å²) in [6.45, 7) is 3.56. The molecule has 1 unspecified atom stereocenters. The van der Waals surface area contributed by atoms with E-state index in [0.29, 0.717) is 18.6 Å². The van der Waals surface area contributed by atoms with Crippen LogP contribution in [0.2, 0.25) is 0 Å². The molecule has 2 aliphatic rings. The first kappa shape index (κ1) is 17.9. The molecular formula is C18H22N4O4. The lowest BCUT2D eigenvalue weighted by atomic mass is 9.95. The van der Waals surface area contributed by atoms with E-state index in [1.54, 1.807) is 18.9 Å². The van der Waals surface area contributed by atoms with Crippen molar-refractivity contribution in [2.24, 2.45) is 5.10 Å². The van der Waals surface area contributed by atoms with Gasteiger partial charge in [0.05, 0.1) is 18.4 Å². The zero-order valence-electron chi connectivity index (χ0n) is 15.1. The van der Waals surface area contributed by atoms with E-state index < -0.39 is 12.0 Å². The third kappa shape index (κ3) is 3.40. The molecule has 1 atom stereocenters. The summed E-state index contributed by atoms with van der Waals surface area (Å²) in [7, 11) is 1.77. The molecule has 0 saturated carbocycles. The largest absolute Gasteiger partial charge is 0.465 e. The Balaban J connectivity index is 1.90. The fraction of sp³-hybridized carbons (Fsp3) is 0.444. The average molecular weight is 358 g/mol. The number of carbonyl (C=O) groups is 3. The number of urea groups is 1. The number of fused-ring (bicyclic) bond motifs is 1. The molecule has 0 saturated heterocycles. The van der Waals surface area contributed by atoms with Gasteiger partial charge in [-0.05, 0) is 38.0 Å². The molecule has 0 spiro atoms. The summed E-state index contributed by atoms with van der Waals surface area (Å²) in [5.74, 6) is -0.410. The molecule has 0 bridgehead atoms. The minimum Gasteiger partial charge on any atom is -0.465 e. The highest BCUT2D eigenvalue weighted by molar-refractivity contribution is 6.08.